The molecule has 2 rings (SSSR count). The van der Waals surface area contributed by atoms with Crippen LogP contribution in [-0.4, -0.2) is 0 Å². The summed E-state index contributed by atoms with van der Waals surface area (Å²) in [7, 11) is 0. The van der Waals surface area contributed by atoms with Crippen LogP contribution in [0.15, 0.2) is 36.4 Å². The minimum atomic E-state index is -0.424. The van der Waals surface area contributed by atoms with E-state index in [1.54, 1.807) is 24.3 Å². The maximum absolute atomic E-state index is 13.5. The SMILES string of the molecule is N#Cc1ccc(OCc2ccc(Cl)cc2F)cc1Cl. The zero-order valence-corrected chi connectivity index (χ0v) is 11.2. The molecule has 0 amide bonds. The zero-order valence-electron chi connectivity index (χ0n) is 9.66. The molecule has 0 unspecified atom stereocenters. The van der Waals surface area contributed by atoms with Gasteiger partial charge in [-0.05, 0) is 24.3 Å². The lowest BCUT2D eigenvalue weighted by atomic mass is 10.2. The van der Waals surface area contributed by atoms with Gasteiger partial charge in [0.05, 0.1) is 10.6 Å². The van der Waals surface area contributed by atoms with Gasteiger partial charge in [-0.1, -0.05) is 29.3 Å². The summed E-state index contributed by atoms with van der Waals surface area (Å²) in [6.07, 6.45) is 0. The van der Waals surface area contributed by atoms with Crippen molar-refractivity contribution in [3.05, 3.63) is 63.4 Å². The van der Waals surface area contributed by atoms with E-state index in [4.69, 9.17) is 33.2 Å². The Kier molecular flexibility index (Phi) is 4.26. The molecule has 2 aromatic carbocycles. The van der Waals surface area contributed by atoms with Gasteiger partial charge in [0.25, 0.3) is 0 Å². The number of rotatable bonds is 3. The molecule has 5 heteroatoms. The zero-order chi connectivity index (χ0) is 13.8. The third-order valence-electron chi connectivity index (χ3n) is 2.47. The molecule has 0 bridgehead atoms. The normalized spacial score (nSPS) is 10.0. The van der Waals surface area contributed by atoms with Crippen molar-refractivity contribution in [2.24, 2.45) is 0 Å². The maximum Gasteiger partial charge on any atom is 0.131 e. The fourth-order valence-corrected chi connectivity index (χ4v) is 1.85. The first kappa shape index (κ1) is 13.7. The number of nitrogens with zero attached hydrogens (tertiary/aromatic N) is 1. The second-order valence-corrected chi connectivity index (χ2v) is 4.62. The standard InChI is InChI=1S/C14H8Cl2FNO/c15-11-3-1-10(14(17)5-11)8-19-12-4-2-9(7-18)13(16)6-12/h1-6H,8H2. The van der Waals surface area contributed by atoms with Gasteiger partial charge in [-0.15, -0.1) is 0 Å². The molecule has 19 heavy (non-hydrogen) atoms. The largest absolute Gasteiger partial charge is 0.489 e. The van der Waals surface area contributed by atoms with Crippen LogP contribution in [0.2, 0.25) is 10.0 Å². The van der Waals surface area contributed by atoms with Crippen molar-refractivity contribution in [3.63, 3.8) is 0 Å². The molecular formula is C14H8Cl2FNO. The molecule has 0 N–H and O–H groups in total. The highest BCUT2D eigenvalue weighted by Crippen LogP contribution is 2.23. The summed E-state index contributed by atoms with van der Waals surface area (Å²) in [5, 5.41) is 9.38. The lowest BCUT2D eigenvalue weighted by Gasteiger charge is -2.08. The number of nitriles is 1. The number of benzene rings is 2. The fourth-order valence-electron chi connectivity index (χ4n) is 1.48. The Hall–Kier alpha value is -1.76. The highest BCUT2D eigenvalue weighted by Gasteiger charge is 2.05. The van der Waals surface area contributed by atoms with Gasteiger partial charge in [-0.3, -0.25) is 0 Å². The van der Waals surface area contributed by atoms with E-state index >= 15 is 0 Å². The summed E-state index contributed by atoms with van der Waals surface area (Å²) in [4.78, 5) is 0. The third kappa shape index (κ3) is 3.37. The molecule has 0 spiro atoms. The van der Waals surface area contributed by atoms with E-state index in [0.717, 1.165) is 0 Å². The Morgan fingerprint density at radius 3 is 2.58 bits per heavy atom. The van der Waals surface area contributed by atoms with Crippen molar-refractivity contribution >= 4 is 23.2 Å². The molecule has 0 aliphatic carbocycles. The maximum atomic E-state index is 13.5. The van der Waals surface area contributed by atoms with Crippen LogP contribution in [0.4, 0.5) is 4.39 Å². The molecule has 0 aliphatic heterocycles. The van der Waals surface area contributed by atoms with Crippen LogP contribution in [0.25, 0.3) is 0 Å². The van der Waals surface area contributed by atoms with Crippen molar-refractivity contribution in [3.8, 4) is 11.8 Å². The fraction of sp³-hybridized carbons (Fsp3) is 0.0714. The Labute approximate surface area is 119 Å². The van der Waals surface area contributed by atoms with E-state index in [0.29, 0.717) is 26.9 Å². The van der Waals surface area contributed by atoms with Crippen molar-refractivity contribution in [2.45, 2.75) is 6.61 Å². The van der Waals surface area contributed by atoms with E-state index in [9.17, 15) is 4.39 Å². The van der Waals surface area contributed by atoms with Crippen LogP contribution in [0, 0.1) is 17.1 Å². The van der Waals surface area contributed by atoms with E-state index in [-0.39, 0.29) is 6.61 Å². The van der Waals surface area contributed by atoms with E-state index < -0.39 is 5.82 Å². The summed E-state index contributed by atoms with van der Waals surface area (Å²) in [5.74, 6) is 0.0468. The summed E-state index contributed by atoms with van der Waals surface area (Å²) in [6.45, 7) is 0.0607. The van der Waals surface area contributed by atoms with E-state index in [1.807, 2.05) is 6.07 Å². The summed E-state index contributed by atoms with van der Waals surface area (Å²) in [6, 6.07) is 11.0. The highest BCUT2D eigenvalue weighted by molar-refractivity contribution is 6.31. The van der Waals surface area contributed by atoms with Gasteiger partial charge < -0.3 is 4.74 Å². The van der Waals surface area contributed by atoms with Crippen molar-refractivity contribution in [2.75, 3.05) is 0 Å². The predicted molar refractivity (Wildman–Crippen MR) is 71.9 cm³/mol. The number of hydrogen-bond acceptors (Lipinski definition) is 2. The molecule has 2 aromatic rings. The lowest BCUT2D eigenvalue weighted by molar-refractivity contribution is 0.300. The van der Waals surface area contributed by atoms with Crippen molar-refractivity contribution in [1.29, 1.82) is 5.26 Å². The number of halogens is 3. The first-order valence-corrected chi connectivity index (χ1v) is 6.12. The molecule has 96 valence electrons. The summed E-state index contributed by atoms with van der Waals surface area (Å²) < 4.78 is 18.9. The lowest BCUT2D eigenvalue weighted by Crippen LogP contribution is -1.98. The first-order valence-electron chi connectivity index (χ1n) is 5.36. The minimum Gasteiger partial charge on any atom is -0.489 e. The Morgan fingerprint density at radius 1 is 1.16 bits per heavy atom. The highest BCUT2D eigenvalue weighted by atomic mass is 35.5. The molecule has 0 atom stereocenters. The smallest absolute Gasteiger partial charge is 0.131 e. The predicted octanol–water partition coefficient (Wildman–Crippen LogP) is 4.58. The van der Waals surface area contributed by atoms with Gasteiger partial charge in [0.2, 0.25) is 0 Å². The van der Waals surface area contributed by atoms with Crippen molar-refractivity contribution in [1.82, 2.24) is 0 Å². The van der Waals surface area contributed by atoms with Gasteiger partial charge in [-0.25, -0.2) is 4.39 Å². The topological polar surface area (TPSA) is 33.0 Å². The van der Waals surface area contributed by atoms with E-state index in [2.05, 4.69) is 0 Å². The van der Waals surface area contributed by atoms with E-state index in [1.165, 1.54) is 12.1 Å². The Morgan fingerprint density at radius 2 is 1.95 bits per heavy atom. The minimum absolute atomic E-state index is 0.0607. The number of hydrogen-bond donors (Lipinski definition) is 0. The van der Waals surface area contributed by atoms with Crippen LogP contribution in [0.1, 0.15) is 11.1 Å². The summed E-state index contributed by atoms with van der Waals surface area (Å²) in [5.41, 5.74) is 0.761. The molecule has 0 aliphatic rings. The molecule has 0 saturated heterocycles. The molecule has 0 fully saturated rings. The quantitative estimate of drug-likeness (QED) is 0.830. The molecule has 0 saturated carbocycles. The molecule has 0 radical (unpaired) electrons. The third-order valence-corrected chi connectivity index (χ3v) is 3.02. The van der Waals surface area contributed by atoms with Crippen LogP contribution in [0.5, 0.6) is 5.75 Å². The average molecular weight is 296 g/mol. The molecule has 0 heterocycles. The number of ether oxygens (including phenoxy) is 1. The second kappa shape index (κ2) is 5.92. The molecule has 2 nitrogen and oxygen atoms in total. The Bertz CT molecular complexity index is 652. The average Bonchev–Trinajstić information content (AvgIpc) is 2.38. The second-order valence-electron chi connectivity index (χ2n) is 3.78. The molecule has 0 aromatic heterocycles. The monoisotopic (exact) mass is 295 g/mol. The van der Waals surface area contributed by atoms with Gasteiger partial charge in [-0.2, -0.15) is 5.26 Å². The van der Waals surface area contributed by atoms with Gasteiger partial charge in [0.15, 0.2) is 0 Å². The van der Waals surface area contributed by atoms with Crippen molar-refractivity contribution < 1.29 is 9.13 Å². The Balaban J connectivity index is 2.10. The van der Waals surface area contributed by atoms with Gasteiger partial charge in [0, 0.05) is 16.7 Å². The van der Waals surface area contributed by atoms with Crippen LogP contribution in [0.3, 0.4) is 0 Å². The van der Waals surface area contributed by atoms with Crippen LogP contribution >= 0.6 is 23.2 Å². The van der Waals surface area contributed by atoms with Gasteiger partial charge in [0.1, 0.15) is 24.2 Å². The molecular weight excluding hydrogens is 288 g/mol. The first-order chi connectivity index (χ1) is 9.10. The summed E-state index contributed by atoms with van der Waals surface area (Å²) >= 11 is 11.5. The van der Waals surface area contributed by atoms with Crippen LogP contribution < -0.4 is 4.74 Å². The van der Waals surface area contributed by atoms with Crippen LogP contribution in [-0.2, 0) is 6.61 Å². The van der Waals surface area contributed by atoms with Gasteiger partial charge >= 0.3 is 0 Å².